The van der Waals surface area contributed by atoms with Gasteiger partial charge in [0.25, 0.3) is 5.56 Å². The van der Waals surface area contributed by atoms with Crippen LogP contribution in [0.4, 0.5) is 0 Å². The van der Waals surface area contributed by atoms with Crippen LogP contribution < -0.4 is 5.56 Å². The number of furan rings is 1. The summed E-state index contributed by atoms with van der Waals surface area (Å²) in [4.78, 5) is 24.3. The molecule has 0 aliphatic carbocycles. The quantitative estimate of drug-likeness (QED) is 0.464. The van der Waals surface area contributed by atoms with Crippen LogP contribution in [0.3, 0.4) is 0 Å². The number of aromatic amines is 2. The first-order valence-corrected chi connectivity index (χ1v) is 10.5. The SMILES string of the molecule is CCOC(=O)c1coc(CP(=O)(OCC)OCC)c1Cc1c(C)[nH][nH]c1=O. The highest BCUT2D eigenvalue weighted by atomic mass is 31.2. The molecule has 2 N–H and O–H groups in total. The van der Waals surface area contributed by atoms with Crippen LogP contribution in [0.25, 0.3) is 0 Å². The third-order valence-electron chi connectivity index (χ3n) is 3.91. The van der Waals surface area contributed by atoms with E-state index in [2.05, 4.69) is 10.2 Å². The van der Waals surface area contributed by atoms with Gasteiger partial charge in [-0.05, 0) is 27.7 Å². The van der Waals surface area contributed by atoms with E-state index in [0.717, 1.165) is 0 Å². The maximum atomic E-state index is 12.9. The van der Waals surface area contributed by atoms with Gasteiger partial charge in [-0.25, -0.2) is 4.79 Å². The number of rotatable bonds is 10. The van der Waals surface area contributed by atoms with Gasteiger partial charge in [-0.15, -0.1) is 0 Å². The van der Waals surface area contributed by atoms with Gasteiger partial charge < -0.3 is 23.3 Å². The Hall–Kier alpha value is -2.09. The van der Waals surface area contributed by atoms with Crippen molar-refractivity contribution in [1.29, 1.82) is 0 Å². The van der Waals surface area contributed by atoms with E-state index in [-0.39, 0.29) is 49.3 Å². The highest BCUT2D eigenvalue weighted by Crippen LogP contribution is 2.52. The maximum absolute atomic E-state index is 12.9. The second-order valence-corrected chi connectivity index (χ2v) is 7.79. The first-order chi connectivity index (χ1) is 12.8. The highest BCUT2D eigenvalue weighted by molar-refractivity contribution is 7.53. The molecule has 2 heterocycles. The number of carbonyl (C=O) groups is 1. The lowest BCUT2D eigenvalue weighted by Gasteiger charge is -2.16. The molecule has 0 amide bonds. The normalized spacial score (nSPS) is 11.7. The van der Waals surface area contributed by atoms with E-state index < -0.39 is 13.6 Å². The zero-order valence-corrected chi connectivity index (χ0v) is 16.8. The van der Waals surface area contributed by atoms with Crippen molar-refractivity contribution >= 4 is 13.6 Å². The van der Waals surface area contributed by atoms with Gasteiger partial charge in [0.15, 0.2) is 0 Å². The van der Waals surface area contributed by atoms with Gasteiger partial charge in [-0.2, -0.15) is 0 Å². The summed E-state index contributed by atoms with van der Waals surface area (Å²) in [5, 5.41) is 5.24. The molecule has 0 bridgehead atoms. The molecule has 150 valence electrons. The third kappa shape index (κ3) is 5.00. The van der Waals surface area contributed by atoms with Crippen LogP contribution in [0.2, 0.25) is 0 Å². The summed E-state index contributed by atoms with van der Waals surface area (Å²) in [6, 6.07) is 0. The van der Waals surface area contributed by atoms with Crippen molar-refractivity contribution in [3.63, 3.8) is 0 Å². The molecule has 9 nitrogen and oxygen atoms in total. The molecule has 0 saturated heterocycles. The molecule has 2 rings (SSSR count). The predicted molar refractivity (Wildman–Crippen MR) is 98.2 cm³/mol. The van der Waals surface area contributed by atoms with Crippen molar-refractivity contribution in [2.45, 2.75) is 40.3 Å². The van der Waals surface area contributed by atoms with E-state index in [1.165, 1.54) is 6.26 Å². The molecule has 10 heteroatoms. The molecular weight excluding hydrogens is 375 g/mol. The first-order valence-electron chi connectivity index (χ1n) is 8.75. The van der Waals surface area contributed by atoms with Crippen LogP contribution in [-0.2, 0) is 30.9 Å². The van der Waals surface area contributed by atoms with Gasteiger partial charge in [0.2, 0.25) is 0 Å². The molecule has 0 atom stereocenters. The molecule has 0 unspecified atom stereocenters. The zero-order valence-electron chi connectivity index (χ0n) is 15.9. The van der Waals surface area contributed by atoms with Gasteiger partial charge in [0, 0.05) is 23.2 Å². The lowest BCUT2D eigenvalue weighted by atomic mass is 10.0. The topological polar surface area (TPSA) is 124 Å². The molecule has 0 fully saturated rings. The van der Waals surface area contributed by atoms with Crippen LogP contribution in [0.1, 0.15) is 53.7 Å². The third-order valence-corrected chi connectivity index (χ3v) is 5.89. The molecule has 0 aliphatic heterocycles. The summed E-state index contributed by atoms with van der Waals surface area (Å²) < 4.78 is 34.1. The van der Waals surface area contributed by atoms with Crippen molar-refractivity contribution in [3.05, 3.63) is 44.8 Å². The van der Waals surface area contributed by atoms with Crippen molar-refractivity contribution in [1.82, 2.24) is 10.2 Å². The van der Waals surface area contributed by atoms with Crippen molar-refractivity contribution < 1.29 is 27.6 Å². The Morgan fingerprint density at radius 1 is 1.11 bits per heavy atom. The summed E-state index contributed by atoms with van der Waals surface area (Å²) >= 11 is 0. The van der Waals surface area contributed by atoms with Gasteiger partial charge in [-0.3, -0.25) is 14.5 Å². The van der Waals surface area contributed by atoms with Gasteiger partial charge >= 0.3 is 13.6 Å². The van der Waals surface area contributed by atoms with Crippen LogP contribution in [0.5, 0.6) is 0 Å². The predicted octanol–water partition coefficient (Wildman–Crippen LogP) is 3.14. The van der Waals surface area contributed by atoms with E-state index >= 15 is 0 Å². The van der Waals surface area contributed by atoms with E-state index in [9.17, 15) is 14.2 Å². The fraction of sp³-hybridized carbons (Fsp3) is 0.529. The molecule has 0 radical (unpaired) electrons. The summed E-state index contributed by atoms with van der Waals surface area (Å²) in [6.45, 7) is 7.45. The Kier molecular flexibility index (Phi) is 7.24. The Bertz CT molecular complexity index is 870. The smallest absolute Gasteiger partial charge is 0.341 e. The number of aromatic nitrogens is 2. The van der Waals surface area contributed by atoms with Crippen LogP contribution in [-0.4, -0.2) is 36.0 Å². The largest absolute Gasteiger partial charge is 0.467 e. The van der Waals surface area contributed by atoms with Gasteiger partial charge in [-0.1, -0.05) is 0 Å². The molecule has 2 aromatic heterocycles. The highest BCUT2D eigenvalue weighted by Gasteiger charge is 2.31. The van der Waals surface area contributed by atoms with Crippen LogP contribution in [0, 0.1) is 6.92 Å². The summed E-state index contributed by atoms with van der Waals surface area (Å²) in [6.07, 6.45) is 1.22. The van der Waals surface area contributed by atoms with E-state index in [1.54, 1.807) is 27.7 Å². The molecular formula is C17H25N2O7P. The number of ether oxygens (including phenoxy) is 1. The molecule has 0 saturated carbocycles. The summed E-state index contributed by atoms with van der Waals surface area (Å²) in [5.74, 6) is -0.307. The maximum Gasteiger partial charge on any atom is 0.341 e. The second kappa shape index (κ2) is 9.21. The monoisotopic (exact) mass is 400 g/mol. The fourth-order valence-electron chi connectivity index (χ4n) is 2.69. The van der Waals surface area contributed by atoms with Crippen molar-refractivity contribution in [2.24, 2.45) is 0 Å². The first kappa shape index (κ1) is 21.2. The minimum absolute atomic E-state index is 0.114. The molecule has 2 aromatic rings. The Morgan fingerprint density at radius 3 is 2.30 bits per heavy atom. The number of aryl methyl sites for hydroxylation is 1. The minimum Gasteiger partial charge on any atom is -0.467 e. The van der Waals surface area contributed by atoms with Crippen molar-refractivity contribution in [3.8, 4) is 0 Å². The lowest BCUT2D eigenvalue weighted by molar-refractivity contribution is 0.0524. The van der Waals surface area contributed by atoms with E-state index in [4.69, 9.17) is 18.2 Å². The number of carbonyl (C=O) groups excluding carboxylic acids is 1. The molecule has 0 aromatic carbocycles. The van der Waals surface area contributed by atoms with Gasteiger partial charge in [0.05, 0.1) is 19.8 Å². The second-order valence-electron chi connectivity index (χ2n) is 5.74. The summed E-state index contributed by atoms with van der Waals surface area (Å²) in [5.41, 5.74) is 1.41. The Balaban J connectivity index is 2.46. The average molecular weight is 400 g/mol. The van der Waals surface area contributed by atoms with Crippen molar-refractivity contribution in [2.75, 3.05) is 19.8 Å². The lowest BCUT2D eigenvalue weighted by Crippen LogP contribution is -2.12. The zero-order chi connectivity index (χ0) is 20.0. The van der Waals surface area contributed by atoms with Crippen LogP contribution >= 0.6 is 7.60 Å². The average Bonchev–Trinajstić information content (AvgIpc) is 3.13. The fourth-order valence-corrected chi connectivity index (χ4v) is 4.35. The number of H-pyrrole nitrogens is 2. The van der Waals surface area contributed by atoms with E-state index in [0.29, 0.717) is 16.8 Å². The summed E-state index contributed by atoms with van der Waals surface area (Å²) in [7, 11) is -3.45. The Labute approximate surface area is 156 Å². The molecule has 0 spiro atoms. The standard InChI is InChI=1S/C17H25N2O7P/c1-5-23-17(21)14-9-24-15(10-27(22,25-6-2)26-7-3)13(14)8-12-11(4)18-19-16(12)20/h9H,5-8,10H2,1-4H3,(H2,18,19,20). The van der Waals surface area contributed by atoms with Gasteiger partial charge in [0.1, 0.15) is 23.7 Å². The van der Waals surface area contributed by atoms with E-state index in [1.807, 2.05) is 0 Å². The number of hydrogen-bond donors (Lipinski definition) is 2. The Morgan fingerprint density at radius 2 is 1.78 bits per heavy atom. The number of nitrogens with one attached hydrogen (secondary N) is 2. The number of hydrogen-bond acceptors (Lipinski definition) is 7. The molecule has 0 aliphatic rings. The number of esters is 1. The van der Waals surface area contributed by atoms with Crippen LogP contribution in [0.15, 0.2) is 15.5 Å². The minimum atomic E-state index is -3.45. The molecule has 27 heavy (non-hydrogen) atoms.